The number of halogens is 1. The highest BCUT2D eigenvalue weighted by Gasteiger charge is 2.28. The van der Waals surface area contributed by atoms with Crippen LogP contribution >= 0.6 is 0 Å². The number of alkyl halides is 1. The Morgan fingerprint density at radius 1 is 1.55 bits per heavy atom. The van der Waals surface area contributed by atoms with Crippen molar-refractivity contribution in [2.24, 2.45) is 0 Å². The summed E-state index contributed by atoms with van der Waals surface area (Å²) in [4.78, 5) is 0. The SMILES string of the molecule is CCOC1CC(NCCF)C1. The zero-order valence-electron chi connectivity index (χ0n) is 6.98. The molecule has 0 saturated heterocycles. The molecule has 0 spiro atoms. The van der Waals surface area contributed by atoms with Crippen molar-refractivity contribution in [3.05, 3.63) is 0 Å². The molecule has 0 bridgehead atoms. The van der Waals surface area contributed by atoms with Gasteiger partial charge in [-0.3, -0.25) is 0 Å². The van der Waals surface area contributed by atoms with Crippen LogP contribution in [0.25, 0.3) is 0 Å². The zero-order chi connectivity index (χ0) is 8.10. The van der Waals surface area contributed by atoms with Gasteiger partial charge in [-0.2, -0.15) is 0 Å². The summed E-state index contributed by atoms with van der Waals surface area (Å²) >= 11 is 0. The van der Waals surface area contributed by atoms with Crippen molar-refractivity contribution in [2.75, 3.05) is 19.8 Å². The first kappa shape index (κ1) is 8.94. The van der Waals surface area contributed by atoms with Gasteiger partial charge in [0.05, 0.1) is 6.10 Å². The molecule has 3 heteroatoms. The highest BCUT2D eigenvalue weighted by Crippen LogP contribution is 2.22. The molecule has 0 aromatic heterocycles. The maximum absolute atomic E-state index is 11.7. The van der Waals surface area contributed by atoms with Crippen LogP contribution in [0.15, 0.2) is 0 Å². The van der Waals surface area contributed by atoms with Gasteiger partial charge in [0.25, 0.3) is 0 Å². The van der Waals surface area contributed by atoms with E-state index < -0.39 is 0 Å². The first-order valence-electron chi connectivity index (χ1n) is 4.27. The van der Waals surface area contributed by atoms with Crippen molar-refractivity contribution in [3.63, 3.8) is 0 Å². The van der Waals surface area contributed by atoms with Gasteiger partial charge in [0.2, 0.25) is 0 Å². The second-order valence-electron chi connectivity index (χ2n) is 2.89. The van der Waals surface area contributed by atoms with E-state index in [-0.39, 0.29) is 6.67 Å². The van der Waals surface area contributed by atoms with E-state index in [0.717, 1.165) is 19.4 Å². The Labute approximate surface area is 67.1 Å². The third-order valence-electron chi connectivity index (χ3n) is 2.02. The molecule has 2 nitrogen and oxygen atoms in total. The molecular formula is C8H16FNO. The summed E-state index contributed by atoms with van der Waals surface area (Å²) in [5.41, 5.74) is 0. The summed E-state index contributed by atoms with van der Waals surface area (Å²) in [5, 5.41) is 3.10. The molecule has 0 heterocycles. The minimum Gasteiger partial charge on any atom is -0.378 e. The Bertz CT molecular complexity index is 104. The molecule has 0 amide bonds. The molecule has 0 aromatic carbocycles. The fraction of sp³-hybridized carbons (Fsp3) is 1.00. The maximum Gasteiger partial charge on any atom is 0.102 e. The summed E-state index contributed by atoms with van der Waals surface area (Å²) < 4.78 is 17.0. The van der Waals surface area contributed by atoms with Crippen molar-refractivity contribution in [2.45, 2.75) is 31.9 Å². The van der Waals surface area contributed by atoms with Crippen molar-refractivity contribution in [1.82, 2.24) is 5.32 Å². The van der Waals surface area contributed by atoms with Crippen molar-refractivity contribution >= 4 is 0 Å². The summed E-state index contributed by atoms with van der Waals surface area (Å²) in [6, 6.07) is 0.502. The van der Waals surface area contributed by atoms with Crippen molar-refractivity contribution in [3.8, 4) is 0 Å². The first-order chi connectivity index (χ1) is 5.36. The quantitative estimate of drug-likeness (QED) is 0.652. The summed E-state index contributed by atoms with van der Waals surface area (Å²) in [5.74, 6) is 0. The van der Waals surface area contributed by atoms with Gasteiger partial charge >= 0.3 is 0 Å². The second-order valence-corrected chi connectivity index (χ2v) is 2.89. The predicted octanol–water partition coefficient (Wildman–Crippen LogP) is 1.11. The van der Waals surface area contributed by atoms with Crippen LogP contribution in [0, 0.1) is 0 Å². The van der Waals surface area contributed by atoms with Gasteiger partial charge in [-0.15, -0.1) is 0 Å². The summed E-state index contributed by atoms with van der Waals surface area (Å²) in [7, 11) is 0. The summed E-state index contributed by atoms with van der Waals surface area (Å²) in [6.07, 6.45) is 2.53. The van der Waals surface area contributed by atoms with Gasteiger partial charge in [-0.05, 0) is 19.8 Å². The number of rotatable bonds is 5. The lowest BCUT2D eigenvalue weighted by Crippen LogP contribution is -2.46. The van der Waals surface area contributed by atoms with E-state index in [0.29, 0.717) is 18.7 Å². The lowest BCUT2D eigenvalue weighted by atomic mass is 9.89. The maximum atomic E-state index is 11.7. The first-order valence-corrected chi connectivity index (χ1v) is 4.27. The molecule has 1 rings (SSSR count). The Morgan fingerprint density at radius 2 is 2.27 bits per heavy atom. The molecule has 1 fully saturated rings. The molecule has 0 aromatic rings. The lowest BCUT2D eigenvalue weighted by molar-refractivity contribution is -0.00995. The number of hydrogen-bond acceptors (Lipinski definition) is 2. The highest BCUT2D eigenvalue weighted by molar-refractivity contribution is 4.85. The second kappa shape index (κ2) is 4.67. The summed E-state index contributed by atoms with van der Waals surface area (Å²) in [6.45, 7) is 3.02. The van der Waals surface area contributed by atoms with E-state index in [2.05, 4.69) is 5.32 Å². The molecule has 0 aliphatic heterocycles. The van der Waals surface area contributed by atoms with E-state index in [1.165, 1.54) is 0 Å². The van der Waals surface area contributed by atoms with Gasteiger partial charge in [-0.25, -0.2) is 4.39 Å². The van der Waals surface area contributed by atoms with Crippen LogP contribution in [0.3, 0.4) is 0 Å². The molecule has 0 unspecified atom stereocenters. The van der Waals surface area contributed by atoms with Crippen LogP contribution < -0.4 is 5.32 Å². The van der Waals surface area contributed by atoms with E-state index in [4.69, 9.17) is 4.74 Å². The average Bonchev–Trinajstić information content (AvgIpc) is 1.94. The van der Waals surface area contributed by atoms with Crippen LogP contribution in [0.1, 0.15) is 19.8 Å². The number of ether oxygens (including phenoxy) is 1. The van der Waals surface area contributed by atoms with Crippen molar-refractivity contribution in [1.29, 1.82) is 0 Å². The van der Waals surface area contributed by atoms with Gasteiger partial charge in [0.1, 0.15) is 6.67 Å². The van der Waals surface area contributed by atoms with Gasteiger partial charge < -0.3 is 10.1 Å². The molecule has 0 radical (unpaired) electrons. The minimum atomic E-state index is -0.268. The van der Waals surface area contributed by atoms with Crippen LogP contribution in [-0.4, -0.2) is 32.0 Å². The Kier molecular flexibility index (Phi) is 3.80. The normalized spacial score (nSPS) is 30.0. The lowest BCUT2D eigenvalue weighted by Gasteiger charge is -2.35. The van der Waals surface area contributed by atoms with Crippen LogP contribution in [-0.2, 0) is 4.74 Å². The molecule has 66 valence electrons. The van der Waals surface area contributed by atoms with Gasteiger partial charge in [0.15, 0.2) is 0 Å². The van der Waals surface area contributed by atoms with Crippen LogP contribution in [0.2, 0.25) is 0 Å². The monoisotopic (exact) mass is 161 g/mol. The fourth-order valence-corrected chi connectivity index (χ4v) is 1.36. The fourth-order valence-electron chi connectivity index (χ4n) is 1.36. The Hall–Kier alpha value is -0.150. The Morgan fingerprint density at radius 3 is 2.82 bits per heavy atom. The molecule has 1 aliphatic rings. The standard InChI is InChI=1S/C8H16FNO/c1-2-11-8-5-7(6-8)10-4-3-9/h7-8,10H,2-6H2,1H3. The topological polar surface area (TPSA) is 21.3 Å². The smallest absolute Gasteiger partial charge is 0.102 e. The van der Waals surface area contributed by atoms with E-state index in [9.17, 15) is 4.39 Å². The minimum absolute atomic E-state index is 0.268. The van der Waals surface area contributed by atoms with Gasteiger partial charge in [-0.1, -0.05) is 0 Å². The van der Waals surface area contributed by atoms with Gasteiger partial charge in [0, 0.05) is 19.2 Å². The average molecular weight is 161 g/mol. The van der Waals surface area contributed by atoms with E-state index in [1.54, 1.807) is 0 Å². The number of nitrogens with one attached hydrogen (secondary N) is 1. The van der Waals surface area contributed by atoms with Crippen LogP contribution in [0.5, 0.6) is 0 Å². The third-order valence-corrected chi connectivity index (χ3v) is 2.02. The predicted molar refractivity (Wildman–Crippen MR) is 42.4 cm³/mol. The molecule has 1 saturated carbocycles. The molecule has 0 atom stereocenters. The molecule has 11 heavy (non-hydrogen) atoms. The van der Waals surface area contributed by atoms with E-state index >= 15 is 0 Å². The zero-order valence-corrected chi connectivity index (χ0v) is 6.98. The van der Waals surface area contributed by atoms with Crippen LogP contribution in [0.4, 0.5) is 4.39 Å². The largest absolute Gasteiger partial charge is 0.378 e. The highest BCUT2D eigenvalue weighted by atomic mass is 19.1. The molecular weight excluding hydrogens is 145 g/mol. The molecule has 1 aliphatic carbocycles. The molecule has 1 N–H and O–H groups in total. The van der Waals surface area contributed by atoms with Crippen molar-refractivity contribution < 1.29 is 9.13 Å². The van der Waals surface area contributed by atoms with E-state index in [1.807, 2.05) is 6.92 Å². The third kappa shape index (κ3) is 2.75. The number of hydrogen-bond donors (Lipinski definition) is 1. The Balaban J connectivity index is 1.92.